The van der Waals surface area contributed by atoms with Crippen molar-refractivity contribution in [3.05, 3.63) is 29.8 Å². The van der Waals surface area contributed by atoms with Gasteiger partial charge in [-0.3, -0.25) is 9.59 Å². The summed E-state index contributed by atoms with van der Waals surface area (Å²) in [6.07, 6.45) is 6.94. The zero-order chi connectivity index (χ0) is 19.7. The van der Waals surface area contributed by atoms with Crippen molar-refractivity contribution in [1.82, 2.24) is 10.6 Å². The summed E-state index contributed by atoms with van der Waals surface area (Å²) >= 11 is 1.84. The molecule has 5 atom stereocenters. The lowest BCUT2D eigenvalue weighted by molar-refractivity contribution is -0.132. The molecule has 152 valence electrons. The van der Waals surface area contributed by atoms with Gasteiger partial charge in [0.25, 0.3) is 0 Å². The van der Waals surface area contributed by atoms with Crippen molar-refractivity contribution in [3.8, 4) is 0 Å². The molecule has 2 amide bonds. The number of piperidine rings is 1. The van der Waals surface area contributed by atoms with Crippen molar-refractivity contribution in [2.75, 3.05) is 0 Å². The van der Waals surface area contributed by atoms with E-state index in [1.54, 1.807) is 0 Å². The van der Waals surface area contributed by atoms with E-state index >= 15 is 0 Å². The summed E-state index contributed by atoms with van der Waals surface area (Å²) in [4.78, 5) is 26.2. The molecule has 3 aliphatic rings. The van der Waals surface area contributed by atoms with Crippen LogP contribution in [0.25, 0.3) is 0 Å². The summed E-state index contributed by atoms with van der Waals surface area (Å²) in [5.74, 6) is 1.80. The van der Waals surface area contributed by atoms with Gasteiger partial charge in [0.1, 0.15) is 0 Å². The van der Waals surface area contributed by atoms with Crippen molar-refractivity contribution < 1.29 is 9.59 Å². The Morgan fingerprint density at radius 1 is 1.14 bits per heavy atom. The van der Waals surface area contributed by atoms with E-state index in [0.717, 1.165) is 31.2 Å². The molecule has 28 heavy (non-hydrogen) atoms. The van der Waals surface area contributed by atoms with E-state index in [2.05, 4.69) is 48.7 Å². The number of benzene rings is 1. The minimum Gasteiger partial charge on any atom is -0.353 e. The number of carbonyl (C=O) groups excluding carboxylic acids is 2. The van der Waals surface area contributed by atoms with E-state index in [0.29, 0.717) is 23.5 Å². The second-order valence-electron chi connectivity index (χ2n) is 9.05. The molecule has 0 bridgehead atoms. The van der Waals surface area contributed by atoms with Gasteiger partial charge in [0, 0.05) is 28.1 Å². The Bertz CT molecular complexity index is 718. The Morgan fingerprint density at radius 3 is 2.68 bits per heavy atom. The molecule has 2 N–H and O–H groups in total. The quantitative estimate of drug-likeness (QED) is 0.737. The molecule has 0 radical (unpaired) electrons. The Balaban J connectivity index is 1.29. The Kier molecular flexibility index (Phi) is 6.00. The van der Waals surface area contributed by atoms with Crippen LogP contribution < -0.4 is 10.6 Å². The monoisotopic (exact) mass is 400 g/mol. The molecule has 5 heteroatoms. The van der Waals surface area contributed by atoms with Gasteiger partial charge in [0.05, 0.1) is 6.42 Å². The molecule has 2 saturated carbocycles. The molecular formula is C23H32N2O2S. The number of fused-ring (bicyclic) bond motifs is 3. The minimum absolute atomic E-state index is 0.0913. The highest BCUT2D eigenvalue weighted by molar-refractivity contribution is 7.99. The van der Waals surface area contributed by atoms with Crippen LogP contribution in [0, 0.1) is 17.8 Å². The first-order valence-electron chi connectivity index (χ1n) is 10.8. The van der Waals surface area contributed by atoms with Gasteiger partial charge in [-0.25, -0.2) is 0 Å². The molecule has 0 aromatic heterocycles. The third-order valence-corrected chi connectivity index (χ3v) is 7.73. The summed E-state index contributed by atoms with van der Waals surface area (Å²) in [7, 11) is 0. The smallest absolute Gasteiger partial charge is 0.224 e. The fourth-order valence-corrected chi connectivity index (χ4v) is 6.38. The summed E-state index contributed by atoms with van der Waals surface area (Å²) < 4.78 is 0. The summed E-state index contributed by atoms with van der Waals surface area (Å²) in [5, 5.41) is 7.06. The van der Waals surface area contributed by atoms with Crippen LogP contribution in [0.4, 0.5) is 0 Å². The molecule has 4 nitrogen and oxygen atoms in total. The normalized spacial score (nSPS) is 31.8. The minimum atomic E-state index is 0.0913. The predicted octanol–water partition coefficient (Wildman–Crippen LogP) is 3.93. The predicted molar refractivity (Wildman–Crippen MR) is 113 cm³/mol. The van der Waals surface area contributed by atoms with Crippen molar-refractivity contribution in [2.24, 2.45) is 17.8 Å². The Labute approximate surface area is 172 Å². The van der Waals surface area contributed by atoms with Crippen molar-refractivity contribution >= 4 is 23.6 Å². The average molecular weight is 401 g/mol. The van der Waals surface area contributed by atoms with Crippen LogP contribution in [0.1, 0.15) is 57.9 Å². The van der Waals surface area contributed by atoms with Crippen LogP contribution in [0.15, 0.2) is 29.2 Å². The standard InChI is InChI=1S/C23H32N2O2S/c1-14(2)28-17-9-6-15(7-10-17)12-22(26)24-16-8-11-19-18-4-3-5-20(18)23(27)25-21(19)13-16/h6-7,9-10,14,16,18-21H,3-5,8,11-13H2,1-2H3,(H,24,26)(H,25,27). The fourth-order valence-electron chi connectivity index (χ4n) is 5.54. The van der Waals surface area contributed by atoms with Gasteiger partial charge < -0.3 is 10.6 Å². The van der Waals surface area contributed by atoms with Gasteiger partial charge >= 0.3 is 0 Å². The molecule has 5 unspecified atom stereocenters. The maximum Gasteiger partial charge on any atom is 0.224 e. The van der Waals surface area contributed by atoms with Crippen LogP contribution in [0.5, 0.6) is 0 Å². The van der Waals surface area contributed by atoms with Crippen LogP contribution in [0.2, 0.25) is 0 Å². The SMILES string of the molecule is CC(C)Sc1ccc(CC(=O)NC2CCC3C(C2)NC(=O)C2CCCC23)cc1. The second kappa shape index (κ2) is 8.48. The molecule has 2 aliphatic carbocycles. The molecule has 4 rings (SSSR count). The first-order chi connectivity index (χ1) is 13.5. The van der Waals surface area contributed by atoms with Crippen LogP contribution in [-0.2, 0) is 16.0 Å². The first kappa shape index (κ1) is 19.8. The number of amides is 2. The maximum atomic E-state index is 12.5. The number of hydrogen-bond donors (Lipinski definition) is 2. The lowest BCUT2D eigenvalue weighted by Crippen LogP contribution is -2.57. The summed E-state index contributed by atoms with van der Waals surface area (Å²) in [5.41, 5.74) is 1.05. The molecular weight excluding hydrogens is 368 g/mol. The van der Waals surface area contributed by atoms with Gasteiger partial charge in [-0.2, -0.15) is 0 Å². The van der Waals surface area contributed by atoms with Gasteiger partial charge in [-0.1, -0.05) is 32.4 Å². The fraction of sp³-hybridized carbons (Fsp3) is 0.652. The zero-order valence-corrected chi connectivity index (χ0v) is 17.8. The van der Waals surface area contributed by atoms with Gasteiger partial charge in [0.15, 0.2) is 0 Å². The lowest BCUT2D eigenvalue weighted by Gasteiger charge is -2.45. The Hall–Kier alpha value is -1.49. The number of carbonyl (C=O) groups is 2. The highest BCUT2D eigenvalue weighted by Gasteiger charge is 2.48. The number of hydrogen-bond acceptors (Lipinski definition) is 3. The molecule has 1 aromatic rings. The molecule has 1 aromatic carbocycles. The van der Waals surface area contributed by atoms with Gasteiger partial charge in [-0.15, -0.1) is 11.8 Å². The van der Waals surface area contributed by atoms with E-state index < -0.39 is 0 Å². The van der Waals surface area contributed by atoms with E-state index in [4.69, 9.17) is 0 Å². The highest BCUT2D eigenvalue weighted by atomic mass is 32.2. The third-order valence-electron chi connectivity index (χ3n) is 6.71. The van der Waals surface area contributed by atoms with Crippen LogP contribution >= 0.6 is 11.8 Å². The molecule has 3 fully saturated rings. The number of rotatable bonds is 5. The average Bonchev–Trinajstić information content (AvgIpc) is 3.13. The number of nitrogens with one attached hydrogen (secondary N) is 2. The number of thioether (sulfide) groups is 1. The van der Waals surface area contributed by atoms with Gasteiger partial charge in [0.2, 0.25) is 11.8 Å². The van der Waals surface area contributed by atoms with Crippen LogP contribution in [-0.4, -0.2) is 29.1 Å². The molecule has 1 saturated heterocycles. The molecule has 1 heterocycles. The van der Waals surface area contributed by atoms with E-state index in [1.807, 2.05) is 11.8 Å². The summed E-state index contributed by atoms with van der Waals surface area (Å²) in [6, 6.07) is 8.76. The molecule has 1 aliphatic heterocycles. The van der Waals surface area contributed by atoms with Gasteiger partial charge in [-0.05, 0) is 61.6 Å². The van der Waals surface area contributed by atoms with Crippen molar-refractivity contribution in [1.29, 1.82) is 0 Å². The van der Waals surface area contributed by atoms with Crippen LogP contribution in [0.3, 0.4) is 0 Å². The van der Waals surface area contributed by atoms with Crippen molar-refractivity contribution in [3.63, 3.8) is 0 Å². The Morgan fingerprint density at radius 2 is 1.93 bits per heavy atom. The zero-order valence-electron chi connectivity index (χ0n) is 16.9. The van der Waals surface area contributed by atoms with Crippen molar-refractivity contribution in [2.45, 2.75) is 81.0 Å². The third kappa shape index (κ3) is 4.40. The van der Waals surface area contributed by atoms with E-state index in [1.165, 1.54) is 17.7 Å². The maximum absolute atomic E-state index is 12.5. The van der Waals surface area contributed by atoms with E-state index in [9.17, 15) is 9.59 Å². The first-order valence-corrected chi connectivity index (χ1v) is 11.7. The lowest BCUT2D eigenvalue weighted by atomic mass is 9.68. The topological polar surface area (TPSA) is 58.2 Å². The second-order valence-corrected chi connectivity index (χ2v) is 10.7. The highest BCUT2D eigenvalue weighted by Crippen LogP contribution is 2.46. The summed E-state index contributed by atoms with van der Waals surface area (Å²) in [6.45, 7) is 4.37. The largest absolute Gasteiger partial charge is 0.353 e. The van der Waals surface area contributed by atoms with E-state index in [-0.39, 0.29) is 29.8 Å². The molecule has 0 spiro atoms.